The summed E-state index contributed by atoms with van der Waals surface area (Å²) in [7, 11) is -0.617. The number of hydrogen-bond acceptors (Lipinski definition) is 6. The van der Waals surface area contributed by atoms with Crippen molar-refractivity contribution in [2.24, 2.45) is 0 Å². The Hall–Kier alpha value is -1.44. The van der Waals surface area contributed by atoms with Gasteiger partial charge in [-0.2, -0.15) is 0 Å². The summed E-state index contributed by atoms with van der Waals surface area (Å²) in [6.45, 7) is 0. The summed E-state index contributed by atoms with van der Waals surface area (Å²) in [6, 6.07) is 6.81. The van der Waals surface area contributed by atoms with Gasteiger partial charge in [0.1, 0.15) is 9.75 Å². The highest BCUT2D eigenvalue weighted by Crippen LogP contribution is 2.11. The van der Waals surface area contributed by atoms with Gasteiger partial charge in [0.2, 0.25) is 0 Å². The maximum atomic E-state index is 11.4. The highest BCUT2D eigenvalue weighted by molar-refractivity contribution is 7.12. The first-order chi connectivity index (χ1) is 8.27. The summed E-state index contributed by atoms with van der Waals surface area (Å²) in [4.78, 5) is 23.7. The zero-order valence-corrected chi connectivity index (χ0v) is 11.0. The van der Waals surface area contributed by atoms with E-state index >= 15 is 0 Å². The number of rotatable bonds is 4. The topological polar surface area (TPSA) is 52.6 Å². The second kappa shape index (κ2) is 5.76. The van der Waals surface area contributed by atoms with Crippen LogP contribution in [0.25, 0.3) is 0 Å². The van der Waals surface area contributed by atoms with E-state index in [9.17, 15) is 9.59 Å². The van der Waals surface area contributed by atoms with Crippen LogP contribution >= 0.6 is 22.7 Å². The molecular weight excluding hydrogens is 276 g/mol. The summed E-state index contributed by atoms with van der Waals surface area (Å²) in [6.07, 6.45) is 0. The van der Waals surface area contributed by atoms with Crippen molar-refractivity contribution >= 4 is 44.6 Å². The van der Waals surface area contributed by atoms with Crippen LogP contribution in [-0.2, 0) is 8.85 Å². The van der Waals surface area contributed by atoms with Crippen LogP contribution in [0, 0.1) is 0 Å². The Morgan fingerprint density at radius 3 is 1.76 bits per heavy atom. The molecule has 2 radical (unpaired) electrons. The lowest BCUT2D eigenvalue weighted by atomic mass is 10.5. The Balaban J connectivity index is 1.77. The molecule has 86 valence electrons. The average Bonchev–Trinajstić information content (AvgIpc) is 3.02. The van der Waals surface area contributed by atoms with Crippen molar-refractivity contribution in [3.8, 4) is 0 Å². The molecule has 2 heterocycles. The maximum absolute atomic E-state index is 11.4. The molecule has 7 heteroatoms. The monoisotopic (exact) mass is 282 g/mol. The second-order valence-electron chi connectivity index (χ2n) is 2.82. The van der Waals surface area contributed by atoms with Crippen molar-refractivity contribution in [1.29, 1.82) is 0 Å². The molecule has 0 bridgehead atoms. The molecule has 0 aliphatic heterocycles. The van der Waals surface area contributed by atoms with Crippen molar-refractivity contribution < 1.29 is 18.4 Å². The van der Waals surface area contributed by atoms with Gasteiger partial charge >= 0.3 is 21.9 Å². The highest BCUT2D eigenvalue weighted by Gasteiger charge is 2.14. The van der Waals surface area contributed by atoms with Gasteiger partial charge in [0.15, 0.2) is 0 Å². The van der Waals surface area contributed by atoms with Gasteiger partial charge in [0.25, 0.3) is 0 Å². The number of carbonyl (C=O) groups is 2. The van der Waals surface area contributed by atoms with Crippen molar-refractivity contribution in [2.75, 3.05) is 0 Å². The molecule has 2 aromatic heterocycles. The smallest absolute Gasteiger partial charge is 0.477 e. The van der Waals surface area contributed by atoms with E-state index in [2.05, 4.69) is 0 Å². The van der Waals surface area contributed by atoms with Gasteiger partial charge in [-0.3, -0.25) is 0 Å². The molecule has 4 nitrogen and oxygen atoms in total. The summed E-state index contributed by atoms with van der Waals surface area (Å²) < 4.78 is 9.63. The van der Waals surface area contributed by atoms with Gasteiger partial charge in [0.05, 0.1) is 0 Å². The summed E-state index contributed by atoms with van der Waals surface area (Å²) in [5.41, 5.74) is 0. The minimum Gasteiger partial charge on any atom is -0.477 e. The molecule has 0 fully saturated rings. The van der Waals surface area contributed by atoms with E-state index in [0.717, 1.165) is 0 Å². The van der Waals surface area contributed by atoms with Crippen molar-refractivity contribution in [1.82, 2.24) is 0 Å². The molecule has 0 N–H and O–H groups in total. The van der Waals surface area contributed by atoms with Gasteiger partial charge in [0, 0.05) is 0 Å². The Bertz CT molecular complexity index is 446. The Morgan fingerprint density at radius 2 is 1.41 bits per heavy atom. The van der Waals surface area contributed by atoms with Gasteiger partial charge in [-0.05, 0) is 22.9 Å². The third-order valence-electron chi connectivity index (χ3n) is 1.71. The third kappa shape index (κ3) is 3.25. The fourth-order valence-corrected chi connectivity index (χ4v) is 2.74. The number of hydrogen-bond donors (Lipinski definition) is 0. The van der Waals surface area contributed by atoms with Gasteiger partial charge in [-0.15, -0.1) is 22.7 Å². The van der Waals surface area contributed by atoms with Crippen LogP contribution in [0.4, 0.5) is 0 Å². The van der Waals surface area contributed by atoms with Gasteiger partial charge in [-0.1, -0.05) is 12.1 Å². The first-order valence-electron chi connectivity index (χ1n) is 4.52. The molecule has 17 heavy (non-hydrogen) atoms. The summed E-state index contributed by atoms with van der Waals surface area (Å²) >= 11 is 2.56. The number of carbonyl (C=O) groups excluding carboxylic acids is 2. The Labute approximate surface area is 108 Å². The van der Waals surface area contributed by atoms with Crippen LogP contribution in [-0.4, -0.2) is 21.9 Å². The second-order valence-corrected chi connectivity index (χ2v) is 5.29. The van der Waals surface area contributed by atoms with E-state index in [-0.39, 0.29) is 0 Å². The molecule has 0 spiro atoms. The highest BCUT2D eigenvalue weighted by atomic mass is 32.1. The molecule has 0 aliphatic carbocycles. The maximum Gasteiger partial charge on any atom is 0.614 e. The molecule has 0 saturated carbocycles. The summed E-state index contributed by atoms with van der Waals surface area (Å²) in [5, 5.41) is 3.55. The van der Waals surface area contributed by atoms with E-state index in [4.69, 9.17) is 8.85 Å². The van der Waals surface area contributed by atoms with E-state index in [1.54, 1.807) is 35.0 Å². The molecule has 2 aromatic rings. The molecule has 2 rings (SSSR count). The van der Waals surface area contributed by atoms with Crippen LogP contribution in [0.3, 0.4) is 0 Å². The molecular formula is C10H6O4S2Si. The van der Waals surface area contributed by atoms with E-state index in [1.807, 2.05) is 0 Å². The van der Waals surface area contributed by atoms with E-state index < -0.39 is 21.9 Å². The van der Waals surface area contributed by atoms with Crippen LogP contribution in [0.5, 0.6) is 0 Å². The molecule has 0 saturated heterocycles. The zero-order chi connectivity index (χ0) is 12.1. The Kier molecular flexibility index (Phi) is 4.07. The van der Waals surface area contributed by atoms with E-state index in [0.29, 0.717) is 9.75 Å². The summed E-state index contributed by atoms with van der Waals surface area (Å²) in [5.74, 6) is -0.949. The van der Waals surface area contributed by atoms with Gasteiger partial charge in [-0.25, -0.2) is 9.59 Å². The largest absolute Gasteiger partial charge is 0.614 e. The van der Waals surface area contributed by atoms with Crippen LogP contribution < -0.4 is 0 Å². The standard InChI is InChI=1S/C10H6O4S2Si/c11-9(7-3-1-5-15-7)13-17-14-10(12)8-4-2-6-16-8/h1-6H. The average molecular weight is 282 g/mol. The molecule has 0 atom stereocenters. The SMILES string of the molecule is O=C(O[Si]OC(=O)c1cccs1)c1cccs1. The zero-order valence-electron chi connectivity index (χ0n) is 8.41. The quantitative estimate of drug-likeness (QED) is 0.808. The fourth-order valence-electron chi connectivity index (χ4n) is 0.987. The van der Waals surface area contributed by atoms with Crippen molar-refractivity contribution in [3.63, 3.8) is 0 Å². The lowest BCUT2D eigenvalue weighted by Gasteiger charge is -2.01. The molecule has 0 aliphatic rings. The van der Waals surface area contributed by atoms with Gasteiger partial charge < -0.3 is 8.85 Å². The third-order valence-corrected chi connectivity index (χ3v) is 3.95. The molecule has 0 aromatic carbocycles. The molecule has 0 amide bonds. The first-order valence-corrected chi connectivity index (χ1v) is 7.09. The lowest BCUT2D eigenvalue weighted by Crippen LogP contribution is -2.14. The van der Waals surface area contributed by atoms with Crippen LogP contribution in [0.1, 0.15) is 19.3 Å². The lowest BCUT2D eigenvalue weighted by molar-refractivity contribution is 0.0637. The predicted molar refractivity (Wildman–Crippen MR) is 65.2 cm³/mol. The fraction of sp³-hybridized carbons (Fsp3) is 0. The Morgan fingerprint density at radius 1 is 0.941 bits per heavy atom. The van der Waals surface area contributed by atoms with Crippen molar-refractivity contribution in [3.05, 3.63) is 44.8 Å². The van der Waals surface area contributed by atoms with Crippen LogP contribution in [0.15, 0.2) is 35.0 Å². The number of thiophene rings is 2. The van der Waals surface area contributed by atoms with Crippen LogP contribution in [0.2, 0.25) is 0 Å². The minimum absolute atomic E-state index is 0.475. The van der Waals surface area contributed by atoms with Crippen molar-refractivity contribution in [2.45, 2.75) is 0 Å². The normalized spacial score (nSPS) is 9.88. The first kappa shape index (κ1) is 12.0. The molecule has 0 unspecified atom stereocenters. The minimum atomic E-state index is -0.617. The predicted octanol–water partition coefficient (Wildman–Crippen LogP) is 2.36. The van der Waals surface area contributed by atoms with E-state index in [1.165, 1.54) is 22.7 Å².